The van der Waals surface area contributed by atoms with Crippen molar-refractivity contribution < 1.29 is 14.6 Å². The lowest BCUT2D eigenvalue weighted by Crippen LogP contribution is -2.32. The fourth-order valence-electron chi connectivity index (χ4n) is 3.21. The third kappa shape index (κ3) is 4.54. The molecule has 2 aromatic carbocycles. The number of aliphatic hydroxyl groups is 1. The fourth-order valence-corrected chi connectivity index (χ4v) is 3.21. The van der Waals surface area contributed by atoms with E-state index in [1.165, 1.54) is 5.56 Å². The number of aryl methyl sites for hydroxylation is 1. The average Bonchev–Trinajstić information content (AvgIpc) is 3.01. The zero-order valence-corrected chi connectivity index (χ0v) is 16.9. The van der Waals surface area contributed by atoms with Crippen LogP contribution in [0.25, 0.3) is 10.9 Å². The van der Waals surface area contributed by atoms with Gasteiger partial charge in [-0.15, -0.1) is 0 Å². The fraction of sp³-hybridized carbons (Fsp3) is 0.348. The first-order valence-corrected chi connectivity index (χ1v) is 9.48. The Morgan fingerprint density at radius 1 is 1.14 bits per heavy atom. The molecule has 0 aliphatic heterocycles. The number of nitrogens with one attached hydrogen (secondary N) is 1. The maximum atomic E-state index is 12.1. The zero-order valence-electron chi connectivity index (χ0n) is 16.9. The number of hydrogen-bond acceptors (Lipinski definition) is 3. The molecule has 0 saturated carbocycles. The molecule has 1 aromatic heterocycles. The van der Waals surface area contributed by atoms with Gasteiger partial charge in [-0.2, -0.15) is 0 Å². The highest BCUT2D eigenvalue weighted by Crippen LogP contribution is 2.26. The number of benzene rings is 2. The Morgan fingerprint density at radius 2 is 1.82 bits per heavy atom. The summed E-state index contributed by atoms with van der Waals surface area (Å²) in [5, 5.41) is 14.2. The van der Waals surface area contributed by atoms with Crippen molar-refractivity contribution in [1.29, 1.82) is 0 Å². The second-order valence-electron chi connectivity index (χ2n) is 8.10. The first kappa shape index (κ1) is 20.0. The molecule has 0 bridgehead atoms. The molecule has 5 nitrogen and oxygen atoms in total. The van der Waals surface area contributed by atoms with Crippen molar-refractivity contribution >= 4 is 16.8 Å². The van der Waals surface area contributed by atoms with Gasteiger partial charge in [-0.05, 0) is 29.2 Å². The van der Waals surface area contributed by atoms with E-state index in [2.05, 4.69) is 26.1 Å². The third-order valence-electron chi connectivity index (χ3n) is 4.87. The van der Waals surface area contributed by atoms with Crippen LogP contribution >= 0.6 is 0 Å². The van der Waals surface area contributed by atoms with Crippen LogP contribution in [0.1, 0.15) is 38.0 Å². The Bertz CT molecular complexity index is 952. The smallest absolute Gasteiger partial charge is 0.258 e. The maximum absolute atomic E-state index is 12.1. The van der Waals surface area contributed by atoms with Gasteiger partial charge < -0.3 is 19.7 Å². The highest BCUT2D eigenvalue weighted by molar-refractivity contribution is 5.84. The van der Waals surface area contributed by atoms with E-state index < -0.39 is 6.10 Å². The maximum Gasteiger partial charge on any atom is 0.258 e. The number of carbonyl (C=O) groups excluding carboxylic acids is 1. The number of nitrogens with zero attached hydrogens (tertiary/aromatic N) is 1. The predicted molar refractivity (Wildman–Crippen MR) is 112 cm³/mol. The van der Waals surface area contributed by atoms with Gasteiger partial charge in [0.2, 0.25) is 0 Å². The summed E-state index contributed by atoms with van der Waals surface area (Å²) in [5.41, 5.74) is 3.14. The SMILES string of the molecule is Cn1cc(C(O)CNC(=O)COc2ccc(C(C)(C)C)cc2)c2ccccc21. The minimum absolute atomic E-state index is 0.0770. The summed E-state index contributed by atoms with van der Waals surface area (Å²) in [5.74, 6) is 0.386. The molecule has 0 fully saturated rings. The Kier molecular flexibility index (Phi) is 5.75. The van der Waals surface area contributed by atoms with E-state index in [0.29, 0.717) is 5.75 Å². The molecule has 0 aliphatic carbocycles. The van der Waals surface area contributed by atoms with Gasteiger partial charge in [0.15, 0.2) is 6.61 Å². The van der Waals surface area contributed by atoms with Crippen LogP contribution in [-0.4, -0.2) is 28.7 Å². The van der Waals surface area contributed by atoms with Crippen LogP contribution in [0, 0.1) is 0 Å². The molecule has 0 spiro atoms. The number of hydrogen-bond donors (Lipinski definition) is 2. The summed E-state index contributed by atoms with van der Waals surface area (Å²) in [6.07, 6.45) is 1.12. The summed E-state index contributed by atoms with van der Waals surface area (Å²) in [6, 6.07) is 15.6. The Labute approximate surface area is 165 Å². The first-order valence-electron chi connectivity index (χ1n) is 9.48. The molecule has 1 heterocycles. The number of carbonyl (C=O) groups is 1. The van der Waals surface area contributed by atoms with Crippen molar-refractivity contribution in [3.05, 3.63) is 65.9 Å². The number of aromatic nitrogens is 1. The molecular formula is C23H28N2O3. The van der Waals surface area contributed by atoms with Crippen LogP contribution in [-0.2, 0) is 17.3 Å². The Morgan fingerprint density at radius 3 is 2.50 bits per heavy atom. The van der Waals surface area contributed by atoms with Crippen molar-refractivity contribution in [2.45, 2.75) is 32.3 Å². The minimum Gasteiger partial charge on any atom is -0.484 e. The van der Waals surface area contributed by atoms with E-state index in [9.17, 15) is 9.90 Å². The molecular weight excluding hydrogens is 352 g/mol. The number of amides is 1. The molecule has 1 amide bonds. The molecule has 0 radical (unpaired) electrons. The highest BCUT2D eigenvalue weighted by Gasteiger charge is 2.16. The summed E-state index contributed by atoms with van der Waals surface area (Å²) >= 11 is 0. The third-order valence-corrected chi connectivity index (χ3v) is 4.87. The van der Waals surface area contributed by atoms with Crippen molar-refractivity contribution in [2.24, 2.45) is 7.05 Å². The van der Waals surface area contributed by atoms with Gasteiger partial charge in [-0.1, -0.05) is 51.1 Å². The summed E-state index contributed by atoms with van der Waals surface area (Å²) in [7, 11) is 1.94. The Hall–Kier alpha value is -2.79. The standard InChI is InChI=1S/C23H28N2O3/c1-23(2,3)16-9-11-17(12-10-16)28-15-22(27)24-13-21(26)19-14-25(4)20-8-6-5-7-18(19)20/h5-12,14,21,26H,13,15H2,1-4H3,(H,24,27). The van der Waals surface area contributed by atoms with Crippen LogP contribution in [0.3, 0.4) is 0 Å². The van der Waals surface area contributed by atoms with Crippen LogP contribution in [0.15, 0.2) is 54.7 Å². The number of rotatable bonds is 6. The molecule has 28 heavy (non-hydrogen) atoms. The van der Waals surface area contributed by atoms with E-state index >= 15 is 0 Å². The molecule has 1 unspecified atom stereocenters. The number of ether oxygens (including phenoxy) is 1. The van der Waals surface area contributed by atoms with Gasteiger partial charge in [0.25, 0.3) is 5.91 Å². The van der Waals surface area contributed by atoms with Crippen LogP contribution in [0.4, 0.5) is 0 Å². The van der Waals surface area contributed by atoms with Crippen molar-refractivity contribution in [3.63, 3.8) is 0 Å². The van der Waals surface area contributed by atoms with Crippen molar-refractivity contribution in [3.8, 4) is 5.75 Å². The Balaban J connectivity index is 1.52. The van der Waals surface area contributed by atoms with Crippen LogP contribution < -0.4 is 10.1 Å². The monoisotopic (exact) mass is 380 g/mol. The largest absolute Gasteiger partial charge is 0.484 e. The summed E-state index contributed by atoms with van der Waals surface area (Å²) in [4.78, 5) is 12.1. The summed E-state index contributed by atoms with van der Waals surface area (Å²) < 4.78 is 7.52. The normalized spacial score (nSPS) is 12.8. The lowest BCUT2D eigenvalue weighted by Gasteiger charge is -2.19. The number of para-hydroxylation sites is 1. The lowest BCUT2D eigenvalue weighted by molar-refractivity contribution is -0.123. The van der Waals surface area contributed by atoms with E-state index in [1.54, 1.807) is 0 Å². The molecule has 5 heteroatoms. The van der Waals surface area contributed by atoms with E-state index in [4.69, 9.17) is 4.74 Å². The van der Waals surface area contributed by atoms with Gasteiger partial charge in [0.05, 0.1) is 6.10 Å². The van der Waals surface area contributed by atoms with Crippen molar-refractivity contribution in [2.75, 3.05) is 13.2 Å². The predicted octanol–water partition coefficient (Wildman–Crippen LogP) is 3.70. The lowest BCUT2D eigenvalue weighted by atomic mass is 9.87. The van der Waals surface area contributed by atoms with E-state index in [-0.39, 0.29) is 24.5 Å². The molecule has 3 rings (SSSR count). The number of fused-ring (bicyclic) bond motifs is 1. The quantitative estimate of drug-likeness (QED) is 0.685. The molecule has 148 valence electrons. The molecule has 2 N–H and O–H groups in total. The molecule has 3 aromatic rings. The van der Waals surface area contributed by atoms with Crippen LogP contribution in [0.5, 0.6) is 5.75 Å². The van der Waals surface area contributed by atoms with Gasteiger partial charge >= 0.3 is 0 Å². The zero-order chi connectivity index (χ0) is 20.3. The van der Waals surface area contributed by atoms with E-state index in [1.807, 2.05) is 66.3 Å². The van der Waals surface area contributed by atoms with Crippen molar-refractivity contribution in [1.82, 2.24) is 9.88 Å². The topological polar surface area (TPSA) is 63.5 Å². The molecule has 0 saturated heterocycles. The van der Waals surface area contributed by atoms with Crippen LogP contribution in [0.2, 0.25) is 0 Å². The van der Waals surface area contributed by atoms with Gasteiger partial charge in [-0.3, -0.25) is 4.79 Å². The summed E-state index contributed by atoms with van der Waals surface area (Å²) in [6.45, 7) is 6.50. The molecule has 0 aliphatic rings. The van der Waals surface area contributed by atoms with Gasteiger partial charge in [0, 0.05) is 36.3 Å². The van der Waals surface area contributed by atoms with Gasteiger partial charge in [-0.25, -0.2) is 0 Å². The first-order chi connectivity index (χ1) is 13.3. The number of aliphatic hydroxyl groups excluding tert-OH is 1. The second kappa shape index (κ2) is 8.07. The molecule has 1 atom stereocenters. The minimum atomic E-state index is -0.777. The van der Waals surface area contributed by atoms with E-state index in [0.717, 1.165) is 16.5 Å². The second-order valence-corrected chi connectivity index (χ2v) is 8.10. The highest BCUT2D eigenvalue weighted by atomic mass is 16.5. The van der Waals surface area contributed by atoms with Gasteiger partial charge in [0.1, 0.15) is 5.75 Å². The average molecular weight is 380 g/mol.